The van der Waals surface area contributed by atoms with Gasteiger partial charge < -0.3 is 10.2 Å². The van der Waals surface area contributed by atoms with Gasteiger partial charge in [0.25, 0.3) is 0 Å². The molecule has 2 N–H and O–H groups in total. The van der Waals surface area contributed by atoms with Crippen molar-refractivity contribution in [1.29, 1.82) is 0 Å². The summed E-state index contributed by atoms with van der Waals surface area (Å²) < 4.78 is 0. The van der Waals surface area contributed by atoms with Crippen molar-refractivity contribution in [3.05, 3.63) is 71.7 Å². The average Bonchev–Trinajstić information content (AvgIpc) is 2.35. The fraction of sp³-hybridized carbons (Fsp3) is 0.200. The van der Waals surface area contributed by atoms with Crippen LogP contribution in [-0.4, -0.2) is 10.2 Å². The van der Waals surface area contributed by atoms with Gasteiger partial charge in [-0.3, -0.25) is 0 Å². The summed E-state index contributed by atoms with van der Waals surface area (Å²) >= 11 is 0. The highest BCUT2D eigenvalue weighted by Crippen LogP contribution is 2.28. The van der Waals surface area contributed by atoms with Gasteiger partial charge in [-0.15, -0.1) is 0 Å². The lowest BCUT2D eigenvalue weighted by Gasteiger charge is -2.16. The summed E-state index contributed by atoms with van der Waals surface area (Å²) in [5.74, 6) is 0.101. The van der Waals surface area contributed by atoms with Crippen molar-refractivity contribution in [1.82, 2.24) is 0 Å². The smallest absolute Gasteiger partial charge is 0.115 e. The predicted molar refractivity (Wildman–Crippen MR) is 71.1 cm³/mol. The summed E-state index contributed by atoms with van der Waals surface area (Å²) in [4.78, 5) is 0. The monoisotopic (exact) mass is 230 g/mol. The van der Waals surface area contributed by atoms with Crippen molar-refractivity contribution in [3.8, 4) is 0 Å². The van der Waals surface area contributed by atoms with Gasteiger partial charge in [-0.1, -0.05) is 43.8 Å². The van der Waals surface area contributed by atoms with E-state index < -0.39 is 0 Å². The molecule has 0 aliphatic carbocycles. The molecule has 1 aromatic rings. The van der Waals surface area contributed by atoms with Crippen molar-refractivity contribution < 1.29 is 10.2 Å². The maximum atomic E-state index is 9.84. The van der Waals surface area contributed by atoms with Gasteiger partial charge >= 0.3 is 0 Å². The number of benzene rings is 1. The van der Waals surface area contributed by atoms with Crippen LogP contribution in [0.3, 0.4) is 0 Å². The minimum atomic E-state index is -0.0591. The molecule has 1 atom stereocenters. The third-order valence-corrected chi connectivity index (χ3v) is 2.66. The highest BCUT2D eigenvalue weighted by molar-refractivity contribution is 5.39. The van der Waals surface area contributed by atoms with Crippen molar-refractivity contribution >= 4 is 0 Å². The molecule has 1 unspecified atom stereocenters. The van der Waals surface area contributed by atoms with E-state index in [2.05, 4.69) is 6.58 Å². The van der Waals surface area contributed by atoms with Crippen LogP contribution in [0.5, 0.6) is 0 Å². The van der Waals surface area contributed by atoms with Crippen LogP contribution >= 0.6 is 0 Å². The molecule has 0 aliphatic heterocycles. The first-order valence-corrected chi connectivity index (χ1v) is 5.56. The Hall–Kier alpha value is -1.96. The highest BCUT2D eigenvalue weighted by atomic mass is 16.3. The molecule has 0 amide bonds. The van der Waals surface area contributed by atoms with Crippen LogP contribution < -0.4 is 0 Å². The van der Waals surface area contributed by atoms with E-state index in [-0.39, 0.29) is 17.4 Å². The normalized spacial score (nSPS) is 14.5. The first-order valence-electron chi connectivity index (χ1n) is 5.56. The summed E-state index contributed by atoms with van der Waals surface area (Å²) in [6.07, 6.45) is 3.10. The quantitative estimate of drug-likeness (QED) is 0.599. The van der Waals surface area contributed by atoms with Crippen LogP contribution in [0.15, 0.2) is 66.2 Å². The Labute approximate surface area is 102 Å². The molecule has 0 radical (unpaired) electrons. The summed E-state index contributed by atoms with van der Waals surface area (Å²) in [5, 5.41) is 19.1. The number of aliphatic hydroxyl groups excluding tert-OH is 2. The molecule has 90 valence electrons. The number of aliphatic hydroxyl groups is 2. The Balaban J connectivity index is 3.13. The minimum Gasteiger partial charge on any atom is -0.509 e. The van der Waals surface area contributed by atoms with Crippen LogP contribution in [0.25, 0.3) is 0 Å². The van der Waals surface area contributed by atoms with Crippen LogP contribution in [0.1, 0.15) is 25.3 Å². The summed E-state index contributed by atoms with van der Waals surface area (Å²) in [6.45, 7) is 7.16. The third-order valence-electron chi connectivity index (χ3n) is 2.66. The van der Waals surface area contributed by atoms with Crippen molar-refractivity contribution in [3.63, 3.8) is 0 Å². The van der Waals surface area contributed by atoms with E-state index in [1.54, 1.807) is 13.0 Å². The SMILES string of the molecule is C=C(O)/C=C(\C(O)=C/C)C(C)c1ccccc1. The third kappa shape index (κ3) is 3.52. The lowest BCUT2D eigenvalue weighted by Crippen LogP contribution is -2.01. The summed E-state index contributed by atoms with van der Waals surface area (Å²) in [6, 6.07) is 9.82. The number of rotatable bonds is 4. The second-order valence-electron chi connectivity index (χ2n) is 3.90. The number of hydrogen-bond acceptors (Lipinski definition) is 2. The Morgan fingerprint density at radius 1 is 1.24 bits per heavy atom. The second kappa shape index (κ2) is 5.94. The molecule has 2 heteroatoms. The Kier molecular flexibility index (Phi) is 4.58. The number of allylic oxidation sites excluding steroid dienone is 3. The molecule has 0 fully saturated rings. The van der Waals surface area contributed by atoms with E-state index in [1.807, 2.05) is 37.3 Å². The fourth-order valence-corrected chi connectivity index (χ4v) is 1.69. The Morgan fingerprint density at radius 3 is 2.29 bits per heavy atom. The average molecular weight is 230 g/mol. The minimum absolute atomic E-state index is 0.00343. The molecule has 0 bridgehead atoms. The zero-order valence-electron chi connectivity index (χ0n) is 10.2. The molecule has 1 aromatic carbocycles. The molecule has 0 spiro atoms. The maximum absolute atomic E-state index is 9.84. The van der Waals surface area contributed by atoms with Gasteiger partial charge in [0.2, 0.25) is 0 Å². The van der Waals surface area contributed by atoms with E-state index >= 15 is 0 Å². The van der Waals surface area contributed by atoms with Crippen LogP contribution in [-0.2, 0) is 0 Å². The first-order chi connectivity index (χ1) is 8.06. The molecule has 17 heavy (non-hydrogen) atoms. The molecule has 0 heterocycles. The molecular formula is C15H18O2. The van der Waals surface area contributed by atoms with Gasteiger partial charge in [0.1, 0.15) is 11.5 Å². The number of hydrogen-bond donors (Lipinski definition) is 2. The first kappa shape index (κ1) is 13.1. The van der Waals surface area contributed by atoms with Gasteiger partial charge in [0.15, 0.2) is 0 Å². The highest BCUT2D eigenvalue weighted by Gasteiger charge is 2.14. The van der Waals surface area contributed by atoms with Gasteiger partial charge in [-0.25, -0.2) is 0 Å². The molecule has 0 aromatic heterocycles. The van der Waals surface area contributed by atoms with E-state index in [9.17, 15) is 10.2 Å². The van der Waals surface area contributed by atoms with Gasteiger partial charge in [-0.05, 0) is 24.6 Å². The molecule has 0 aliphatic rings. The largest absolute Gasteiger partial charge is 0.509 e. The Morgan fingerprint density at radius 2 is 1.82 bits per heavy atom. The zero-order chi connectivity index (χ0) is 12.8. The van der Waals surface area contributed by atoms with Crippen molar-refractivity contribution in [2.75, 3.05) is 0 Å². The predicted octanol–water partition coefficient (Wildman–Crippen LogP) is 4.25. The molecule has 0 saturated carbocycles. The fourth-order valence-electron chi connectivity index (χ4n) is 1.69. The van der Waals surface area contributed by atoms with Gasteiger partial charge in [0, 0.05) is 11.5 Å². The van der Waals surface area contributed by atoms with E-state index in [4.69, 9.17) is 0 Å². The lowest BCUT2D eigenvalue weighted by atomic mass is 9.91. The van der Waals surface area contributed by atoms with Crippen LogP contribution in [0, 0.1) is 0 Å². The summed E-state index contributed by atoms with van der Waals surface area (Å²) in [5.41, 5.74) is 1.74. The van der Waals surface area contributed by atoms with Gasteiger partial charge in [-0.2, -0.15) is 0 Å². The zero-order valence-corrected chi connectivity index (χ0v) is 10.2. The van der Waals surface area contributed by atoms with E-state index in [0.717, 1.165) is 5.56 Å². The van der Waals surface area contributed by atoms with Crippen molar-refractivity contribution in [2.45, 2.75) is 19.8 Å². The second-order valence-corrected chi connectivity index (χ2v) is 3.90. The van der Waals surface area contributed by atoms with Crippen LogP contribution in [0.4, 0.5) is 0 Å². The lowest BCUT2D eigenvalue weighted by molar-refractivity contribution is 0.408. The van der Waals surface area contributed by atoms with E-state index in [1.165, 1.54) is 6.08 Å². The van der Waals surface area contributed by atoms with Gasteiger partial charge in [0.05, 0.1) is 0 Å². The Bertz CT molecular complexity index is 441. The molecular weight excluding hydrogens is 212 g/mol. The van der Waals surface area contributed by atoms with E-state index in [0.29, 0.717) is 5.57 Å². The molecule has 0 saturated heterocycles. The topological polar surface area (TPSA) is 40.5 Å². The molecule has 2 nitrogen and oxygen atoms in total. The van der Waals surface area contributed by atoms with Crippen LogP contribution in [0.2, 0.25) is 0 Å². The van der Waals surface area contributed by atoms with Crippen molar-refractivity contribution in [2.24, 2.45) is 0 Å². The molecule has 1 rings (SSSR count). The standard InChI is InChI=1S/C15H18O2/c1-4-15(17)14(10-11(2)16)12(3)13-8-6-5-7-9-13/h4-10,12,16-17H,2H2,1,3H3/b14-10-,15-4+. The maximum Gasteiger partial charge on any atom is 0.115 e. The summed E-state index contributed by atoms with van der Waals surface area (Å²) in [7, 11) is 0.